The van der Waals surface area contributed by atoms with Gasteiger partial charge in [0.1, 0.15) is 0 Å². The molecule has 0 saturated heterocycles. The fraction of sp³-hybridized carbons (Fsp3) is 1.00. The molecule has 0 heterocycles. The number of methoxy groups -OCH3 is 1. The van der Waals surface area contributed by atoms with E-state index in [4.69, 9.17) is 4.74 Å². The highest BCUT2D eigenvalue weighted by molar-refractivity contribution is 7.99. The van der Waals surface area contributed by atoms with E-state index in [-0.39, 0.29) is 0 Å². The molecule has 96 valence electrons. The Morgan fingerprint density at radius 2 is 1.88 bits per heavy atom. The van der Waals surface area contributed by atoms with E-state index in [1.807, 2.05) is 0 Å². The van der Waals surface area contributed by atoms with Crippen LogP contribution in [0.4, 0.5) is 0 Å². The smallest absolute Gasteiger partial charge is 0.0470 e. The molecule has 0 aromatic heterocycles. The number of ether oxygens (including phenoxy) is 1. The zero-order chi connectivity index (χ0) is 11.7. The highest BCUT2D eigenvalue weighted by atomic mass is 32.2. The highest BCUT2D eigenvalue weighted by Gasteiger charge is 2.29. The molecule has 1 fully saturated rings. The Balaban J connectivity index is 2.22. The van der Waals surface area contributed by atoms with Gasteiger partial charge in [0.25, 0.3) is 0 Å². The Morgan fingerprint density at radius 3 is 2.44 bits per heavy atom. The Morgan fingerprint density at radius 1 is 1.19 bits per heavy atom. The third kappa shape index (κ3) is 5.33. The lowest BCUT2D eigenvalue weighted by atomic mass is 9.84. The van der Waals surface area contributed by atoms with E-state index in [1.54, 1.807) is 7.11 Å². The lowest BCUT2D eigenvalue weighted by Crippen LogP contribution is -2.25. The van der Waals surface area contributed by atoms with Gasteiger partial charge in [-0.15, -0.1) is 0 Å². The van der Waals surface area contributed by atoms with Crippen molar-refractivity contribution in [2.75, 3.05) is 31.0 Å². The highest BCUT2D eigenvalue weighted by Crippen LogP contribution is 2.38. The van der Waals surface area contributed by atoms with Gasteiger partial charge >= 0.3 is 0 Å². The predicted octanol–water partition coefficient (Wildman–Crippen LogP) is 4.03. The molecule has 0 aromatic carbocycles. The van der Waals surface area contributed by atoms with Crippen LogP contribution in [-0.4, -0.2) is 31.0 Å². The summed E-state index contributed by atoms with van der Waals surface area (Å²) in [4.78, 5) is 0. The van der Waals surface area contributed by atoms with Gasteiger partial charge in [0.15, 0.2) is 0 Å². The van der Waals surface area contributed by atoms with E-state index < -0.39 is 0 Å². The van der Waals surface area contributed by atoms with Crippen molar-refractivity contribution in [1.82, 2.24) is 0 Å². The predicted molar refractivity (Wildman–Crippen MR) is 77.8 cm³/mol. The average molecular weight is 262 g/mol. The second-order valence-corrected chi connectivity index (χ2v) is 6.39. The van der Waals surface area contributed by atoms with Gasteiger partial charge in [-0.3, -0.25) is 0 Å². The van der Waals surface area contributed by atoms with Crippen molar-refractivity contribution in [2.45, 2.75) is 44.9 Å². The Hall–Kier alpha value is 0.660. The zero-order valence-corrected chi connectivity index (χ0v) is 12.3. The monoisotopic (exact) mass is 262 g/mol. The molecule has 1 aliphatic rings. The summed E-state index contributed by atoms with van der Waals surface area (Å²) in [5.41, 5.74) is 0.539. The molecule has 0 aromatic rings. The third-order valence-corrected chi connectivity index (χ3v) is 5.61. The number of hydrogen-bond donors (Lipinski definition) is 1. The van der Waals surface area contributed by atoms with Gasteiger partial charge in [-0.05, 0) is 41.9 Å². The summed E-state index contributed by atoms with van der Waals surface area (Å²) in [6, 6.07) is 0. The van der Waals surface area contributed by atoms with Gasteiger partial charge < -0.3 is 4.74 Å². The number of thiol groups is 1. The van der Waals surface area contributed by atoms with E-state index in [9.17, 15) is 0 Å². The minimum atomic E-state index is 0.539. The molecule has 0 amide bonds. The van der Waals surface area contributed by atoms with Crippen LogP contribution in [0.1, 0.15) is 44.9 Å². The maximum Gasteiger partial charge on any atom is 0.0470 e. The van der Waals surface area contributed by atoms with Gasteiger partial charge in [0.2, 0.25) is 0 Å². The fourth-order valence-electron chi connectivity index (χ4n) is 2.42. The van der Waals surface area contributed by atoms with E-state index in [0.29, 0.717) is 5.41 Å². The van der Waals surface area contributed by atoms with Crippen molar-refractivity contribution >= 4 is 24.4 Å². The van der Waals surface area contributed by atoms with Gasteiger partial charge in [-0.25, -0.2) is 0 Å². The molecule has 0 unspecified atom stereocenters. The maximum absolute atomic E-state index is 5.08. The molecule has 1 aliphatic carbocycles. The van der Waals surface area contributed by atoms with Crippen LogP contribution in [0.25, 0.3) is 0 Å². The lowest BCUT2D eigenvalue weighted by Gasteiger charge is -2.30. The Labute approximate surface area is 111 Å². The molecule has 3 heteroatoms. The normalized spacial score (nSPS) is 20.6. The molecule has 0 radical (unpaired) electrons. The van der Waals surface area contributed by atoms with Gasteiger partial charge in [-0.2, -0.15) is 24.4 Å². The summed E-state index contributed by atoms with van der Waals surface area (Å²) >= 11 is 6.71. The largest absolute Gasteiger partial charge is 0.385 e. The van der Waals surface area contributed by atoms with Crippen molar-refractivity contribution in [1.29, 1.82) is 0 Å². The summed E-state index contributed by atoms with van der Waals surface area (Å²) in [5.74, 6) is 3.62. The van der Waals surface area contributed by atoms with E-state index >= 15 is 0 Å². The van der Waals surface area contributed by atoms with Crippen LogP contribution in [-0.2, 0) is 4.74 Å². The van der Waals surface area contributed by atoms with Crippen LogP contribution in [0.5, 0.6) is 0 Å². The Kier molecular flexibility index (Phi) is 8.01. The van der Waals surface area contributed by atoms with E-state index in [0.717, 1.165) is 12.4 Å². The van der Waals surface area contributed by atoms with Crippen molar-refractivity contribution in [3.63, 3.8) is 0 Å². The summed E-state index contributed by atoms with van der Waals surface area (Å²) in [6.07, 6.45) is 9.68. The summed E-state index contributed by atoms with van der Waals surface area (Å²) in [5, 5.41) is 0. The topological polar surface area (TPSA) is 9.23 Å². The first-order valence-electron chi connectivity index (χ1n) is 6.50. The minimum Gasteiger partial charge on any atom is -0.385 e. The Bertz CT molecular complexity index is 165. The summed E-state index contributed by atoms with van der Waals surface area (Å²) < 4.78 is 5.08. The van der Waals surface area contributed by atoms with Crippen LogP contribution in [0, 0.1) is 5.41 Å². The first-order valence-corrected chi connectivity index (χ1v) is 8.29. The molecule has 1 rings (SSSR count). The van der Waals surface area contributed by atoms with Crippen molar-refractivity contribution < 1.29 is 4.74 Å². The number of hydrogen-bond acceptors (Lipinski definition) is 3. The molecule has 0 aliphatic heterocycles. The van der Waals surface area contributed by atoms with Crippen molar-refractivity contribution in [3.8, 4) is 0 Å². The van der Waals surface area contributed by atoms with Gasteiger partial charge in [-0.1, -0.05) is 25.7 Å². The quantitative estimate of drug-likeness (QED) is 0.421. The van der Waals surface area contributed by atoms with Crippen LogP contribution in [0.2, 0.25) is 0 Å². The second kappa shape index (κ2) is 8.71. The zero-order valence-electron chi connectivity index (χ0n) is 10.5. The fourth-order valence-corrected chi connectivity index (χ4v) is 4.29. The molecular weight excluding hydrogens is 236 g/mol. The van der Waals surface area contributed by atoms with Crippen LogP contribution in [0.15, 0.2) is 0 Å². The SMILES string of the molecule is COCCCSCC1(CS)CCCCCC1. The molecule has 0 N–H and O–H groups in total. The molecule has 1 nitrogen and oxygen atoms in total. The molecule has 0 atom stereocenters. The van der Waals surface area contributed by atoms with E-state index in [2.05, 4.69) is 24.4 Å². The first kappa shape index (κ1) is 14.7. The van der Waals surface area contributed by atoms with Crippen molar-refractivity contribution in [2.24, 2.45) is 5.41 Å². The molecule has 1 saturated carbocycles. The lowest BCUT2D eigenvalue weighted by molar-refractivity contribution is 0.200. The molecule has 0 bridgehead atoms. The van der Waals surface area contributed by atoms with E-state index in [1.165, 1.54) is 56.5 Å². The third-order valence-electron chi connectivity index (χ3n) is 3.55. The number of rotatable bonds is 7. The second-order valence-electron chi connectivity index (χ2n) is 4.97. The summed E-state index contributed by atoms with van der Waals surface area (Å²) in [7, 11) is 1.78. The first-order chi connectivity index (χ1) is 7.83. The van der Waals surface area contributed by atoms with Gasteiger partial charge in [0.05, 0.1) is 0 Å². The number of thioether (sulfide) groups is 1. The van der Waals surface area contributed by atoms with Crippen LogP contribution in [0.3, 0.4) is 0 Å². The standard InChI is InChI=1S/C13H26OS2/c1-14-9-6-10-16-12-13(11-15)7-4-2-3-5-8-13/h15H,2-12H2,1H3. The molecular formula is C13H26OS2. The summed E-state index contributed by atoms with van der Waals surface area (Å²) in [6.45, 7) is 0.904. The molecule has 16 heavy (non-hydrogen) atoms. The maximum atomic E-state index is 5.08. The van der Waals surface area contributed by atoms with Crippen LogP contribution >= 0.6 is 24.4 Å². The minimum absolute atomic E-state index is 0.539. The average Bonchev–Trinajstić information content (AvgIpc) is 2.55. The van der Waals surface area contributed by atoms with Gasteiger partial charge in [0, 0.05) is 13.7 Å². The van der Waals surface area contributed by atoms with Crippen molar-refractivity contribution in [3.05, 3.63) is 0 Å². The molecule has 0 spiro atoms. The van der Waals surface area contributed by atoms with Crippen LogP contribution < -0.4 is 0 Å².